The zero-order valence-corrected chi connectivity index (χ0v) is 18.8. The number of esters is 1. The molecular formula is C26H28N2O5. The molecule has 0 spiro atoms. The Labute approximate surface area is 192 Å². The number of allylic oxidation sites excluding steroid dienone is 2. The standard InChI is InChI=1S/C26H28N2O5/c1-16(2)14-22(28-24(30)19-11-5-6-12-20(19)25(28)31)26(32)33-15-23(29)27-21-13-7-9-17-8-3-4-10-18(17)21/h3-10,13,16,19-20,22H,11-12,14-15H2,1-2H3,(H,27,29)/t19-,20-,22+/m0/s1. The van der Waals surface area contributed by atoms with E-state index in [1.165, 1.54) is 0 Å². The average molecular weight is 449 g/mol. The van der Waals surface area contributed by atoms with Crippen LogP contribution in [0.3, 0.4) is 0 Å². The zero-order valence-electron chi connectivity index (χ0n) is 18.8. The van der Waals surface area contributed by atoms with Crippen molar-refractivity contribution in [2.45, 2.75) is 39.2 Å². The minimum Gasteiger partial charge on any atom is -0.454 e. The number of nitrogens with zero attached hydrogens (tertiary/aromatic N) is 1. The summed E-state index contributed by atoms with van der Waals surface area (Å²) in [6, 6.07) is 12.2. The number of ether oxygens (including phenoxy) is 1. The van der Waals surface area contributed by atoms with E-state index < -0.39 is 36.4 Å². The van der Waals surface area contributed by atoms with Crippen LogP contribution in [0, 0.1) is 17.8 Å². The van der Waals surface area contributed by atoms with E-state index >= 15 is 0 Å². The van der Waals surface area contributed by atoms with Gasteiger partial charge in [-0.3, -0.25) is 19.3 Å². The van der Waals surface area contributed by atoms with E-state index in [1.807, 2.05) is 62.4 Å². The van der Waals surface area contributed by atoms with Gasteiger partial charge in [0.15, 0.2) is 6.61 Å². The van der Waals surface area contributed by atoms with Crippen molar-refractivity contribution in [3.8, 4) is 0 Å². The first kappa shape index (κ1) is 22.7. The van der Waals surface area contributed by atoms with Gasteiger partial charge in [-0.2, -0.15) is 0 Å². The third kappa shape index (κ3) is 4.67. The van der Waals surface area contributed by atoms with Gasteiger partial charge in [-0.1, -0.05) is 62.4 Å². The van der Waals surface area contributed by atoms with Gasteiger partial charge in [-0.05, 0) is 36.6 Å². The molecule has 7 nitrogen and oxygen atoms in total. The average Bonchev–Trinajstić information content (AvgIpc) is 3.06. The van der Waals surface area contributed by atoms with Crippen LogP contribution in [0.15, 0.2) is 54.6 Å². The van der Waals surface area contributed by atoms with Gasteiger partial charge in [0.1, 0.15) is 6.04 Å². The van der Waals surface area contributed by atoms with Gasteiger partial charge in [-0.15, -0.1) is 0 Å². The molecular weight excluding hydrogens is 420 g/mol. The monoisotopic (exact) mass is 448 g/mol. The van der Waals surface area contributed by atoms with Gasteiger partial charge in [0.05, 0.1) is 11.8 Å². The molecule has 172 valence electrons. The second kappa shape index (κ2) is 9.57. The third-order valence-electron chi connectivity index (χ3n) is 6.23. The molecule has 1 aliphatic carbocycles. The van der Waals surface area contributed by atoms with Crippen molar-refractivity contribution in [3.63, 3.8) is 0 Å². The van der Waals surface area contributed by atoms with Crippen LogP contribution in [0.5, 0.6) is 0 Å². The van der Waals surface area contributed by atoms with Gasteiger partial charge in [0, 0.05) is 11.1 Å². The smallest absolute Gasteiger partial charge is 0.329 e. The van der Waals surface area contributed by atoms with E-state index in [-0.39, 0.29) is 24.2 Å². The van der Waals surface area contributed by atoms with Crippen molar-refractivity contribution in [1.82, 2.24) is 4.90 Å². The van der Waals surface area contributed by atoms with Crippen molar-refractivity contribution in [2.75, 3.05) is 11.9 Å². The molecule has 0 radical (unpaired) electrons. The number of hydrogen-bond donors (Lipinski definition) is 1. The van der Waals surface area contributed by atoms with Crippen LogP contribution in [-0.4, -0.2) is 41.2 Å². The summed E-state index contributed by atoms with van der Waals surface area (Å²) in [7, 11) is 0. The summed E-state index contributed by atoms with van der Waals surface area (Å²) in [5.74, 6) is -2.65. The molecule has 1 saturated heterocycles. The summed E-state index contributed by atoms with van der Waals surface area (Å²) in [4.78, 5) is 52.5. The molecule has 1 fully saturated rings. The minimum absolute atomic E-state index is 0.0495. The second-order valence-corrected chi connectivity index (χ2v) is 9.03. The summed E-state index contributed by atoms with van der Waals surface area (Å²) < 4.78 is 5.30. The van der Waals surface area contributed by atoms with Crippen LogP contribution in [0.2, 0.25) is 0 Å². The predicted octanol–water partition coefficient (Wildman–Crippen LogP) is 3.69. The summed E-state index contributed by atoms with van der Waals surface area (Å²) in [5, 5.41) is 4.63. The summed E-state index contributed by atoms with van der Waals surface area (Å²) in [6.45, 7) is 3.32. The maximum absolute atomic E-state index is 13.0. The van der Waals surface area contributed by atoms with E-state index in [2.05, 4.69) is 5.32 Å². The Hall–Kier alpha value is -3.48. The van der Waals surface area contributed by atoms with Crippen LogP contribution in [0.1, 0.15) is 33.1 Å². The SMILES string of the molecule is CC(C)C[C@H](C(=O)OCC(=O)Nc1cccc2ccccc12)N1C(=O)[C@H]2CC=CC[C@@H]2C1=O. The van der Waals surface area contributed by atoms with E-state index in [4.69, 9.17) is 4.74 Å². The Morgan fingerprint density at radius 2 is 1.64 bits per heavy atom. The molecule has 1 heterocycles. The number of rotatable bonds is 7. The van der Waals surface area contributed by atoms with Gasteiger partial charge < -0.3 is 10.1 Å². The topological polar surface area (TPSA) is 92.8 Å². The fourth-order valence-electron chi connectivity index (χ4n) is 4.64. The highest BCUT2D eigenvalue weighted by Gasteiger charge is 2.51. The predicted molar refractivity (Wildman–Crippen MR) is 124 cm³/mol. The van der Waals surface area contributed by atoms with Crippen LogP contribution in [-0.2, 0) is 23.9 Å². The molecule has 33 heavy (non-hydrogen) atoms. The highest BCUT2D eigenvalue weighted by atomic mass is 16.5. The molecule has 0 bridgehead atoms. The second-order valence-electron chi connectivity index (χ2n) is 9.03. The lowest BCUT2D eigenvalue weighted by atomic mass is 9.85. The fraction of sp³-hybridized carbons (Fsp3) is 0.385. The molecule has 1 aliphatic heterocycles. The van der Waals surface area contributed by atoms with E-state index in [0.717, 1.165) is 15.7 Å². The third-order valence-corrected chi connectivity index (χ3v) is 6.23. The van der Waals surface area contributed by atoms with Crippen molar-refractivity contribution in [1.29, 1.82) is 0 Å². The number of benzene rings is 2. The van der Waals surface area contributed by atoms with Gasteiger partial charge in [0.2, 0.25) is 11.8 Å². The molecule has 2 aromatic rings. The Morgan fingerprint density at radius 1 is 1.00 bits per heavy atom. The maximum atomic E-state index is 13.0. The van der Waals surface area contributed by atoms with Gasteiger partial charge in [-0.25, -0.2) is 4.79 Å². The number of hydrogen-bond acceptors (Lipinski definition) is 5. The first-order valence-electron chi connectivity index (χ1n) is 11.3. The van der Waals surface area contributed by atoms with Crippen LogP contribution >= 0.6 is 0 Å². The van der Waals surface area contributed by atoms with Crippen molar-refractivity contribution in [2.24, 2.45) is 17.8 Å². The Morgan fingerprint density at radius 3 is 2.30 bits per heavy atom. The van der Waals surface area contributed by atoms with Crippen molar-refractivity contribution >= 4 is 40.2 Å². The molecule has 1 N–H and O–H groups in total. The lowest BCUT2D eigenvalue weighted by Gasteiger charge is -2.26. The highest BCUT2D eigenvalue weighted by molar-refractivity contribution is 6.08. The van der Waals surface area contributed by atoms with Crippen LogP contribution in [0.25, 0.3) is 10.8 Å². The minimum atomic E-state index is -1.03. The molecule has 3 amide bonds. The fourth-order valence-corrected chi connectivity index (χ4v) is 4.64. The molecule has 0 saturated carbocycles. The summed E-state index contributed by atoms with van der Waals surface area (Å²) in [5.41, 5.74) is 0.620. The first-order chi connectivity index (χ1) is 15.9. The number of fused-ring (bicyclic) bond motifs is 2. The van der Waals surface area contributed by atoms with Gasteiger partial charge in [0.25, 0.3) is 5.91 Å². The number of nitrogens with one attached hydrogen (secondary N) is 1. The number of likely N-dealkylation sites (tertiary alicyclic amines) is 1. The number of anilines is 1. The Bertz CT molecular complexity index is 1090. The quantitative estimate of drug-likeness (QED) is 0.396. The largest absolute Gasteiger partial charge is 0.454 e. The van der Waals surface area contributed by atoms with Crippen molar-refractivity contribution < 1.29 is 23.9 Å². The maximum Gasteiger partial charge on any atom is 0.329 e. The normalized spacial score (nSPS) is 20.8. The molecule has 2 aromatic carbocycles. The highest BCUT2D eigenvalue weighted by Crippen LogP contribution is 2.37. The molecule has 4 rings (SSSR count). The lowest BCUT2D eigenvalue weighted by molar-refractivity contribution is -0.160. The van der Waals surface area contributed by atoms with Crippen LogP contribution in [0.4, 0.5) is 5.69 Å². The molecule has 7 heteroatoms. The Kier molecular flexibility index (Phi) is 6.58. The van der Waals surface area contributed by atoms with E-state index in [9.17, 15) is 19.2 Å². The number of carbonyl (C=O) groups is 4. The first-order valence-corrected chi connectivity index (χ1v) is 11.3. The molecule has 2 aliphatic rings. The van der Waals surface area contributed by atoms with E-state index in [1.54, 1.807) is 6.07 Å². The number of amides is 3. The number of imide groups is 1. The lowest BCUT2D eigenvalue weighted by Crippen LogP contribution is -2.47. The van der Waals surface area contributed by atoms with E-state index in [0.29, 0.717) is 18.5 Å². The van der Waals surface area contributed by atoms with Gasteiger partial charge >= 0.3 is 5.97 Å². The summed E-state index contributed by atoms with van der Waals surface area (Å²) >= 11 is 0. The zero-order chi connectivity index (χ0) is 23.5. The molecule has 0 unspecified atom stereocenters. The number of carbonyl (C=O) groups excluding carboxylic acids is 4. The Balaban J connectivity index is 1.44. The van der Waals surface area contributed by atoms with Crippen LogP contribution < -0.4 is 5.32 Å². The molecule has 3 atom stereocenters. The van der Waals surface area contributed by atoms with Crippen molar-refractivity contribution in [3.05, 3.63) is 54.6 Å². The summed E-state index contributed by atoms with van der Waals surface area (Å²) in [6.07, 6.45) is 5.10. The molecule has 0 aromatic heterocycles.